The van der Waals surface area contributed by atoms with Gasteiger partial charge in [-0.05, 0) is 299 Å². The second kappa shape index (κ2) is 29.6. The van der Waals surface area contributed by atoms with Gasteiger partial charge in [0, 0.05) is 86.2 Å². The van der Waals surface area contributed by atoms with E-state index in [0.29, 0.717) is 0 Å². The minimum Gasteiger partial charge on any atom is -0.456 e. The SMILES string of the molecule is CC(C)(C)c1ccc(-c2ccc3cc4c5cccc6c7cc8ccc(-c9ccc(C(C)(C)C)cc9)cc8cc7n(c4cc3c2)c56)cc1.c1ccc(-c2ccc3cc4c5cccc6c7cc8ccc(-c9ccccc9)cc8cc7n(c4cc3c2)c56)cc1.c1ccc2c(c1)oc1ccc(-c3ccc4cc5c6cccc7c8cc9ccc(-c%10ccc%11oc%12ccccc%12c%11c%10)cc9cc8n(c5cc4c3)c67)cc12. The Labute approximate surface area is 800 Å². The molecular weight excluding hydrogens is 1680 g/mol. The molecule has 139 heavy (non-hydrogen) atoms. The first-order valence-corrected chi connectivity index (χ1v) is 48.5. The molecule has 0 saturated heterocycles. The van der Waals surface area contributed by atoms with E-state index in [-0.39, 0.29) is 10.8 Å². The van der Waals surface area contributed by atoms with E-state index in [2.05, 4.69) is 461 Å². The summed E-state index contributed by atoms with van der Waals surface area (Å²) in [6.45, 7) is 13.6. The zero-order valence-electron chi connectivity index (χ0n) is 77.7. The Balaban J connectivity index is 0.000000102. The second-order valence-corrected chi connectivity index (χ2v) is 40.7. The van der Waals surface area contributed by atoms with Crippen molar-refractivity contribution in [3.8, 4) is 66.8 Å². The fourth-order valence-electron chi connectivity index (χ4n) is 23.4. The third-order valence-corrected chi connectivity index (χ3v) is 30.5. The van der Waals surface area contributed by atoms with Gasteiger partial charge >= 0.3 is 0 Å². The van der Waals surface area contributed by atoms with Crippen LogP contribution in [0.2, 0.25) is 0 Å². The van der Waals surface area contributed by atoms with E-state index < -0.39 is 0 Å². The van der Waals surface area contributed by atoms with Crippen molar-refractivity contribution in [1.29, 1.82) is 0 Å². The summed E-state index contributed by atoms with van der Waals surface area (Å²) < 4.78 is 19.8. The van der Waals surface area contributed by atoms with E-state index >= 15 is 0 Å². The number of hydrogen-bond acceptors (Lipinski definition) is 2. The summed E-state index contributed by atoms with van der Waals surface area (Å²) in [5.41, 5.74) is 33.0. The molecule has 0 aliphatic heterocycles. The largest absolute Gasteiger partial charge is 0.456 e. The van der Waals surface area contributed by atoms with E-state index in [0.717, 1.165) is 43.9 Å². The molecular formula is C134H89N3O2. The lowest BCUT2D eigenvalue weighted by atomic mass is 9.86. The van der Waals surface area contributed by atoms with Crippen LogP contribution in [0, 0.1) is 0 Å². The smallest absolute Gasteiger partial charge is 0.135 e. The van der Waals surface area contributed by atoms with E-state index in [1.54, 1.807) is 0 Å². The zero-order valence-corrected chi connectivity index (χ0v) is 77.7. The van der Waals surface area contributed by atoms with Gasteiger partial charge in [-0.3, -0.25) is 0 Å². The highest BCUT2D eigenvalue weighted by Gasteiger charge is 2.26. The summed E-state index contributed by atoms with van der Waals surface area (Å²) in [5.74, 6) is 0. The van der Waals surface area contributed by atoms with Crippen LogP contribution in [0.4, 0.5) is 0 Å². The maximum absolute atomic E-state index is 6.13. The predicted octanol–water partition coefficient (Wildman–Crippen LogP) is 37.8. The number of fused-ring (bicyclic) bond motifs is 30. The van der Waals surface area contributed by atoms with Gasteiger partial charge < -0.3 is 22.0 Å². The first-order valence-electron chi connectivity index (χ1n) is 48.5. The van der Waals surface area contributed by atoms with Crippen LogP contribution in [0.3, 0.4) is 0 Å². The van der Waals surface area contributed by atoms with Crippen molar-refractivity contribution < 1.29 is 8.83 Å². The number of benzene rings is 23. The van der Waals surface area contributed by atoms with Crippen molar-refractivity contribution >= 4 is 223 Å². The molecule has 0 atom stereocenters. The van der Waals surface area contributed by atoms with Crippen LogP contribution in [-0.2, 0) is 10.8 Å². The quantitative estimate of drug-likeness (QED) is 0.166. The van der Waals surface area contributed by atoms with Gasteiger partial charge in [0.15, 0.2) is 0 Å². The Bertz CT molecular complexity index is 10000. The van der Waals surface area contributed by atoms with Crippen LogP contribution >= 0.6 is 0 Å². The molecule has 0 unspecified atom stereocenters. The molecule has 0 N–H and O–H groups in total. The second-order valence-electron chi connectivity index (χ2n) is 40.7. The monoisotopic (exact) mass is 1770 g/mol. The molecule has 0 aliphatic rings. The van der Waals surface area contributed by atoms with Gasteiger partial charge in [0.2, 0.25) is 0 Å². The van der Waals surface area contributed by atoms with Crippen LogP contribution in [0.25, 0.3) is 290 Å². The van der Waals surface area contributed by atoms with Crippen molar-refractivity contribution in [3.05, 3.63) is 442 Å². The molecule has 0 bridgehead atoms. The highest BCUT2D eigenvalue weighted by molar-refractivity contribution is 6.30. The van der Waals surface area contributed by atoms with Gasteiger partial charge in [-0.15, -0.1) is 0 Å². The van der Waals surface area contributed by atoms with Crippen LogP contribution in [0.1, 0.15) is 52.7 Å². The van der Waals surface area contributed by atoms with Crippen LogP contribution < -0.4 is 0 Å². The summed E-state index contributed by atoms with van der Waals surface area (Å²) in [4.78, 5) is 0. The Morgan fingerprint density at radius 3 is 0.619 bits per heavy atom. The van der Waals surface area contributed by atoms with Crippen molar-refractivity contribution in [2.75, 3.05) is 0 Å². The van der Waals surface area contributed by atoms with E-state index in [9.17, 15) is 0 Å². The Kier molecular flexibility index (Phi) is 16.8. The van der Waals surface area contributed by atoms with Gasteiger partial charge in [-0.1, -0.05) is 327 Å². The minimum absolute atomic E-state index is 0.146. The molecule has 23 aromatic carbocycles. The summed E-state index contributed by atoms with van der Waals surface area (Å²) in [5, 5.41) is 35.4. The van der Waals surface area contributed by atoms with Crippen LogP contribution in [-0.4, -0.2) is 13.2 Å². The summed E-state index contributed by atoms with van der Waals surface area (Å²) in [6.07, 6.45) is 0. The highest BCUT2D eigenvalue weighted by atomic mass is 16.3. The molecule has 8 aromatic heterocycles. The van der Waals surface area contributed by atoms with Crippen LogP contribution in [0.5, 0.6) is 0 Å². The van der Waals surface area contributed by atoms with Gasteiger partial charge in [0.25, 0.3) is 0 Å². The molecule has 652 valence electrons. The average molecular weight is 1770 g/mol. The van der Waals surface area contributed by atoms with Crippen molar-refractivity contribution in [1.82, 2.24) is 13.2 Å². The lowest BCUT2D eigenvalue weighted by molar-refractivity contribution is 0.590. The normalized spacial score (nSPS) is 12.5. The predicted molar refractivity (Wildman–Crippen MR) is 593 cm³/mol. The third-order valence-electron chi connectivity index (χ3n) is 30.5. The van der Waals surface area contributed by atoms with Crippen LogP contribution in [0.15, 0.2) is 440 Å². The van der Waals surface area contributed by atoms with Crippen molar-refractivity contribution in [2.45, 2.75) is 52.4 Å². The van der Waals surface area contributed by atoms with Gasteiger partial charge in [0.1, 0.15) is 22.3 Å². The molecule has 5 heteroatoms. The van der Waals surface area contributed by atoms with E-state index in [1.165, 1.54) is 257 Å². The fraction of sp³-hybridized carbons (Fsp3) is 0.0597. The molecule has 0 amide bonds. The molecule has 0 fully saturated rings. The first-order chi connectivity index (χ1) is 68.1. The molecule has 31 aromatic rings. The fourth-order valence-corrected chi connectivity index (χ4v) is 23.4. The van der Waals surface area contributed by atoms with Gasteiger partial charge in [-0.25, -0.2) is 0 Å². The number of nitrogens with zero attached hydrogens (tertiary/aromatic N) is 3. The number of hydrogen-bond donors (Lipinski definition) is 0. The molecule has 0 aliphatic carbocycles. The minimum atomic E-state index is 0.146. The van der Waals surface area contributed by atoms with E-state index in [4.69, 9.17) is 8.83 Å². The van der Waals surface area contributed by atoms with Crippen molar-refractivity contribution in [3.63, 3.8) is 0 Å². The average Bonchev–Trinajstić information content (AvgIpc) is 1.54. The zero-order chi connectivity index (χ0) is 92.1. The molecule has 0 saturated carbocycles. The number of para-hydroxylation sites is 5. The van der Waals surface area contributed by atoms with Gasteiger partial charge in [-0.2, -0.15) is 0 Å². The Morgan fingerprint density at radius 2 is 0.353 bits per heavy atom. The Morgan fingerprint density at radius 1 is 0.144 bits per heavy atom. The lowest BCUT2D eigenvalue weighted by Gasteiger charge is -2.19. The standard InChI is InChI=1S/C50H27NO2.C46H39N.C38H23N/c1-3-10-46-36(6-1)42-24-30(16-18-48(42)52-46)28-12-14-32-22-40-38-8-5-9-39-41-23-33-15-13-29(31-17-19-49-43(25-31)37-7-2-4-11-47(37)53-49)21-35(33)27-45(41)51(50(38)39)44(40)26-34(32)20-28;1-45(2,3)36-18-14-28(15-19-36)30-10-12-32-24-40-38-8-7-9-39-41-25-33-13-11-31(29-16-20-37(21-17-29)46(4,5)6)23-35(33)27-43(41)47(44(38)39)42(40)26-34(32)22-30;1-3-8-24(9-4-1)26-14-16-28-20-34-32-12-7-13-33-35-21-29-17-15-27(25-10-5-2-6-11-25)19-31(29)23-37(35)39(38(32)33)36(34)22-30(28)18-26/h1-27H;7-27H,1-6H3;1-23H. The Hall–Kier alpha value is -17.4. The van der Waals surface area contributed by atoms with E-state index in [1.807, 2.05) is 24.3 Å². The summed E-state index contributed by atoms with van der Waals surface area (Å²) in [7, 11) is 0. The number of aromatic nitrogens is 3. The molecule has 5 nitrogen and oxygen atoms in total. The molecule has 0 spiro atoms. The summed E-state index contributed by atoms with van der Waals surface area (Å²) >= 11 is 0. The number of rotatable bonds is 6. The first kappa shape index (κ1) is 79.0. The van der Waals surface area contributed by atoms with Gasteiger partial charge in [0.05, 0.1) is 49.7 Å². The molecule has 8 heterocycles. The molecule has 31 rings (SSSR count). The number of furan rings is 2. The highest BCUT2D eigenvalue weighted by Crippen LogP contribution is 2.49. The third kappa shape index (κ3) is 12.4. The lowest BCUT2D eigenvalue weighted by Crippen LogP contribution is -2.10. The maximum atomic E-state index is 6.13. The maximum Gasteiger partial charge on any atom is 0.135 e. The molecule has 0 radical (unpaired) electrons. The summed E-state index contributed by atoms with van der Waals surface area (Å²) in [6, 6.07) is 159. The topological polar surface area (TPSA) is 39.5 Å². The van der Waals surface area contributed by atoms with Crippen molar-refractivity contribution in [2.24, 2.45) is 0 Å².